The van der Waals surface area contributed by atoms with E-state index < -0.39 is 17.9 Å². The lowest BCUT2D eigenvalue weighted by Crippen LogP contribution is -2.44. The zero-order valence-electron chi connectivity index (χ0n) is 12.6. The highest BCUT2D eigenvalue weighted by molar-refractivity contribution is 5.98. The first-order valence-corrected chi connectivity index (χ1v) is 6.84. The zero-order chi connectivity index (χ0) is 15.7. The van der Waals surface area contributed by atoms with Gasteiger partial charge in [-0.3, -0.25) is 4.79 Å². The number of furan rings is 1. The molecule has 1 amide bonds. The summed E-state index contributed by atoms with van der Waals surface area (Å²) in [6.07, 6.45) is 0. The first-order chi connectivity index (χ1) is 9.79. The lowest BCUT2D eigenvalue weighted by Gasteiger charge is -2.16. The largest absolute Gasteiger partial charge is 0.480 e. The van der Waals surface area contributed by atoms with Crippen LogP contribution in [-0.2, 0) is 4.79 Å². The van der Waals surface area contributed by atoms with Gasteiger partial charge < -0.3 is 14.8 Å². The van der Waals surface area contributed by atoms with Crippen molar-refractivity contribution < 1.29 is 19.1 Å². The van der Waals surface area contributed by atoms with Gasteiger partial charge in [-0.2, -0.15) is 0 Å². The molecule has 0 radical (unpaired) electrons. The summed E-state index contributed by atoms with van der Waals surface area (Å²) < 4.78 is 5.52. The third-order valence-electron chi connectivity index (χ3n) is 3.58. The van der Waals surface area contributed by atoms with Crippen molar-refractivity contribution in [2.45, 2.75) is 33.7 Å². The smallest absolute Gasteiger partial charge is 0.326 e. The first-order valence-electron chi connectivity index (χ1n) is 6.84. The van der Waals surface area contributed by atoms with Gasteiger partial charge in [0.25, 0.3) is 5.91 Å². The van der Waals surface area contributed by atoms with Gasteiger partial charge in [0.15, 0.2) is 5.76 Å². The SMILES string of the molecule is Cc1cc2cc(C(=O)N[C@H](C(=O)O)C(C)C)oc2cc1C. The number of hydrogen-bond acceptors (Lipinski definition) is 3. The van der Waals surface area contributed by atoms with Crippen LogP contribution in [0.4, 0.5) is 0 Å². The maximum absolute atomic E-state index is 12.1. The molecule has 2 aromatic rings. The predicted molar refractivity (Wildman–Crippen MR) is 79.4 cm³/mol. The number of carbonyl (C=O) groups is 2. The molecular weight excluding hydrogens is 270 g/mol. The molecule has 1 heterocycles. The van der Waals surface area contributed by atoms with E-state index in [0.717, 1.165) is 16.5 Å². The van der Waals surface area contributed by atoms with E-state index in [4.69, 9.17) is 9.52 Å². The lowest BCUT2D eigenvalue weighted by atomic mass is 10.0. The molecule has 0 fully saturated rings. The number of carboxylic acids is 1. The van der Waals surface area contributed by atoms with Gasteiger partial charge in [-0.05, 0) is 49.1 Å². The number of aryl methyl sites for hydroxylation is 2. The van der Waals surface area contributed by atoms with Crippen LogP contribution in [0.5, 0.6) is 0 Å². The van der Waals surface area contributed by atoms with Gasteiger partial charge in [0.05, 0.1) is 0 Å². The summed E-state index contributed by atoms with van der Waals surface area (Å²) in [5.41, 5.74) is 2.81. The van der Waals surface area contributed by atoms with Gasteiger partial charge in [0.1, 0.15) is 11.6 Å². The number of rotatable bonds is 4. The van der Waals surface area contributed by atoms with E-state index in [0.29, 0.717) is 5.58 Å². The molecule has 0 aliphatic rings. The van der Waals surface area contributed by atoms with Crippen LogP contribution < -0.4 is 5.32 Å². The molecule has 0 aliphatic heterocycles. The van der Waals surface area contributed by atoms with Crippen molar-refractivity contribution in [1.82, 2.24) is 5.32 Å². The number of benzene rings is 1. The van der Waals surface area contributed by atoms with Gasteiger partial charge in [-0.15, -0.1) is 0 Å². The monoisotopic (exact) mass is 289 g/mol. The van der Waals surface area contributed by atoms with Crippen molar-refractivity contribution in [1.29, 1.82) is 0 Å². The number of amides is 1. The average Bonchev–Trinajstić information content (AvgIpc) is 2.78. The average molecular weight is 289 g/mol. The second kappa shape index (κ2) is 5.60. The maximum Gasteiger partial charge on any atom is 0.326 e. The fraction of sp³-hybridized carbons (Fsp3) is 0.375. The molecule has 0 spiro atoms. The number of nitrogens with one attached hydrogen (secondary N) is 1. The second-order valence-corrected chi connectivity index (χ2v) is 5.62. The molecule has 0 bridgehead atoms. The van der Waals surface area contributed by atoms with E-state index in [2.05, 4.69) is 5.32 Å². The van der Waals surface area contributed by atoms with Crippen molar-refractivity contribution in [2.75, 3.05) is 0 Å². The van der Waals surface area contributed by atoms with Gasteiger partial charge in [0, 0.05) is 5.39 Å². The van der Waals surface area contributed by atoms with E-state index in [1.54, 1.807) is 19.9 Å². The number of carbonyl (C=O) groups excluding carboxylic acids is 1. The van der Waals surface area contributed by atoms with E-state index in [-0.39, 0.29) is 11.7 Å². The standard InChI is InChI=1S/C16H19NO4/c1-8(2)14(16(19)20)17-15(18)13-7-11-5-9(3)10(4)6-12(11)21-13/h5-8,14H,1-4H3,(H,17,18)(H,19,20)/t14-/m0/s1. The minimum absolute atomic E-state index is 0.127. The van der Waals surface area contributed by atoms with Gasteiger partial charge in [-0.25, -0.2) is 4.79 Å². The minimum Gasteiger partial charge on any atom is -0.480 e. The van der Waals surface area contributed by atoms with Gasteiger partial charge in [0.2, 0.25) is 0 Å². The number of hydrogen-bond donors (Lipinski definition) is 2. The molecule has 112 valence electrons. The molecular formula is C16H19NO4. The van der Waals surface area contributed by atoms with Gasteiger partial charge in [-0.1, -0.05) is 13.8 Å². The summed E-state index contributed by atoms with van der Waals surface area (Å²) in [5.74, 6) is -1.65. The quantitative estimate of drug-likeness (QED) is 0.907. The Morgan fingerprint density at radius 3 is 2.33 bits per heavy atom. The molecule has 0 saturated heterocycles. The fourth-order valence-electron chi connectivity index (χ4n) is 2.14. The number of fused-ring (bicyclic) bond motifs is 1. The van der Waals surface area contributed by atoms with Crippen LogP contribution in [0, 0.1) is 19.8 Å². The summed E-state index contributed by atoms with van der Waals surface area (Å²) in [7, 11) is 0. The first kappa shape index (κ1) is 15.1. The van der Waals surface area contributed by atoms with E-state index in [9.17, 15) is 9.59 Å². The number of carboxylic acid groups (broad SMARTS) is 1. The van der Waals surface area contributed by atoms with Gasteiger partial charge >= 0.3 is 5.97 Å². The van der Waals surface area contributed by atoms with Crippen LogP contribution in [-0.4, -0.2) is 23.0 Å². The van der Waals surface area contributed by atoms with Crippen molar-refractivity contribution >= 4 is 22.8 Å². The van der Waals surface area contributed by atoms with Crippen molar-refractivity contribution in [3.63, 3.8) is 0 Å². The third kappa shape index (κ3) is 3.07. The Morgan fingerprint density at radius 2 is 1.76 bits per heavy atom. The van der Waals surface area contributed by atoms with Crippen LogP contribution in [0.1, 0.15) is 35.5 Å². The summed E-state index contributed by atoms with van der Waals surface area (Å²) in [4.78, 5) is 23.3. The van der Waals surface area contributed by atoms with Crippen molar-refractivity contribution in [2.24, 2.45) is 5.92 Å². The van der Waals surface area contributed by atoms with Crippen LogP contribution in [0.15, 0.2) is 22.6 Å². The van der Waals surface area contributed by atoms with E-state index >= 15 is 0 Å². The Morgan fingerprint density at radius 1 is 1.14 bits per heavy atom. The van der Waals surface area contributed by atoms with Crippen molar-refractivity contribution in [3.8, 4) is 0 Å². The highest BCUT2D eigenvalue weighted by Crippen LogP contribution is 2.23. The predicted octanol–water partition coefficient (Wildman–Crippen LogP) is 2.89. The molecule has 1 aromatic carbocycles. The molecule has 1 aromatic heterocycles. The third-order valence-corrected chi connectivity index (χ3v) is 3.58. The lowest BCUT2D eigenvalue weighted by molar-refractivity contribution is -0.140. The topological polar surface area (TPSA) is 79.5 Å². The number of aliphatic carboxylic acids is 1. The highest BCUT2D eigenvalue weighted by atomic mass is 16.4. The van der Waals surface area contributed by atoms with E-state index in [1.165, 1.54) is 0 Å². The Kier molecular flexibility index (Phi) is 4.02. The Balaban J connectivity index is 2.29. The molecule has 2 N–H and O–H groups in total. The summed E-state index contributed by atoms with van der Waals surface area (Å²) in [6, 6.07) is 4.52. The molecule has 1 atom stereocenters. The Bertz CT molecular complexity index is 661. The minimum atomic E-state index is -1.05. The Labute approximate surface area is 122 Å². The zero-order valence-corrected chi connectivity index (χ0v) is 12.6. The summed E-state index contributed by atoms with van der Waals surface area (Å²) in [5, 5.41) is 12.4. The highest BCUT2D eigenvalue weighted by Gasteiger charge is 2.25. The molecule has 5 heteroatoms. The van der Waals surface area contributed by atoms with E-state index in [1.807, 2.05) is 26.0 Å². The molecule has 0 unspecified atom stereocenters. The molecule has 0 saturated carbocycles. The van der Waals surface area contributed by atoms with Crippen LogP contribution >= 0.6 is 0 Å². The maximum atomic E-state index is 12.1. The van der Waals surface area contributed by atoms with Crippen LogP contribution in [0.3, 0.4) is 0 Å². The summed E-state index contributed by atoms with van der Waals surface area (Å²) in [6.45, 7) is 7.44. The summed E-state index contributed by atoms with van der Waals surface area (Å²) >= 11 is 0. The Hall–Kier alpha value is -2.30. The molecule has 5 nitrogen and oxygen atoms in total. The second-order valence-electron chi connectivity index (χ2n) is 5.62. The molecule has 2 rings (SSSR count). The molecule has 21 heavy (non-hydrogen) atoms. The van der Waals surface area contributed by atoms with Crippen LogP contribution in [0.25, 0.3) is 11.0 Å². The molecule has 0 aliphatic carbocycles. The fourth-order valence-corrected chi connectivity index (χ4v) is 2.14. The van der Waals surface area contributed by atoms with Crippen molar-refractivity contribution in [3.05, 3.63) is 35.1 Å². The normalized spacial score (nSPS) is 12.6. The van der Waals surface area contributed by atoms with Crippen LogP contribution in [0.2, 0.25) is 0 Å².